The van der Waals surface area contributed by atoms with Crippen molar-refractivity contribution in [1.82, 2.24) is 0 Å². The van der Waals surface area contributed by atoms with E-state index < -0.39 is 18.1 Å². The zero-order valence-corrected chi connectivity index (χ0v) is 8.38. The van der Waals surface area contributed by atoms with Crippen molar-refractivity contribution >= 4 is 23.8 Å². The smallest absolute Gasteiger partial charge is 0.430 e. The molecule has 0 heterocycles. The molecule has 0 atom stereocenters. The van der Waals surface area contributed by atoms with Crippen LogP contribution in [-0.4, -0.2) is 30.7 Å². The van der Waals surface area contributed by atoms with Crippen LogP contribution in [-0.2, 0) is 10.4 Å². The van der Waals surface area contributed by atoms with E-state index in [1.807, 2.05) is 0 Å². The molecule has 0 aliphatic rings. The van der Waals surface area contributed by atoms with Crippen LogP contribution in [0.1, 0.15) is 0 Å². The number of nitrogens with two attached hydrogens (primary N) is 1. The van der Waals surface area contributed by atoms with E-state index in [0.717, 1.165) is 0 Å². The van der Waals surface area contributed by atoms with Crippen LogP contribution in [0.5, 0.6) is 5.75 Å². The maximum Gasteiger partial charge on any atom is 0.446 e. The summed E-state index contributed by atoms with van der Waals surface area (Å²) in [4.78, 5) is 0. The van der Waals surface area contributed by atoms with Crippen LogP contribution < -0.4 is 9.92 Å². The van der Waals surface area contributed by atoms with Gasteiger partial charge < -0.3 is 20.0 Å². The lowest BCUT2D eigenvalue weighted by Gasteiger charge is -2.00. The molecule has 1 rings (SSSR count). The molecule has 7 nitrogen and oxygen atoms in total. The zero-order chi connectivity index (χ0) is 11.9. The van der Waals surface area contributed by atoms with Crippen molar-refractivity contribution in [3.05, 3.63) is 24.3 Å². The fourth-order valence-corrected chi connectivity index (χ4v) is 1.03. The Balaban J connectivity index is 0.000000583. The number of hydrogen-bond donors (Lipinski definition) is 4. The summed E-state index contributed by atoms with van der Waals surface area (Å²) in [5.41, 5.74) is 5.68. The molecule has 0 saturated heterocycles. The molecule has 0 spiro atoms. The van der Waals surface area contributed by atoms with Gasteiger partial charge in [-0.1, -0.05) is 6.07 Å². The standard InChI is InChI=1S/C6H7NO4S.BH3O2/c7-5-2-1-3-6(4-5)11-12(8,9)10;2-1-3/h1-4H,7H2,(H,8,9,10);1-3H. The van der Waals surface area contributed by atoms with Crippen molar-refractivity contribution in [3.8, 4) is 5.75 Å². The molecule has 15 heavy (non-hydrogen) atoms. The Morgan fingerprint density at radius 3 is 2.27 bits per heavy atom. The van der Waals surface area contributed by atoms with E-state index in [4.69, 9.17) is 20.3 Å². The molecule has 0 saturated carbocycles. The molecule has 0 amide bonds. The second-order valence-electron chi connectivity index (χ2n) is 2.22. The highest BCUT2D eigenvalue weighted by Crippen LogP contribution is 2.15. The van der Waals surface area contributed by atoms with E-state index in [1.165, 1.54) is 18.2 Å². The summed E-state index contributed by atoms with van der Waals surface area (Å²) in [6, 6.07) is 5.73. The number of rotatable bonds is 2. The van der Waals surface area contributed by atoms with E-state index in [9.17, 15) is 8.42 Å². The first-order chi connectivity index (χ1) is 6.89. The van der Waals surface area contributed by atoms with Crippen molar-refractivity contribution in [3.63, 3.8) is 0 Å². The second-order valence-corrected chi connectivity index (χ2v) is 3.25. The van der Waals surface area contributed by atoms with E-state index >= 15 is 0 Å². The quantitative estimate of drug-likeness (QED) is 0.284. The summed E-state index contributed by atoms with van der Waals surface area (Å²) in [5, 5.41) is 14.2. The molecule has 84 valence electrons. The maximum atomic E-state index is 10.2. The predicted molar refractivity (Wildman–Crippen MR) is 54.6 cm³/mol. The third-order valence-corrected chi connectivity index (χ3v) is 1.46. The Hall–Kier alpha value is -1.29. The molecule has 9 heteroatoms. The number of hydrogen-bond acceptors (Lipinski definition) is 6. The third kappa shape index (κ3) is 7.76. The highest BCUT2D eigenvalue weighted by molar-refractivity contribution is 7.81. The van der Waals surface area contributed by atoms with Gasteiger partial charge in [-0.3, -0.25) is 4.55 Å². The fourth-order valence-electron chi connectivity index (χ4n) is 0.688. The molecule has 5 N–H and O–H groups in total. The van der Waals surface area contributed by atoms with Gasteiger partial charge in [-0.25, -0.2) is 0 Å². The molecular weight excluding hydrogens is 225 g/mol. The van der Waals surface area contributed by atoms with Crippen LogP contribution in [0.3, 0.4) is 0 Å². The molecule has 0 aromatic heterocycles. The van der Waals surface area contributed by atoms with Gasteiger partial charge in [0.1, 0.15) is 5.75 Å². The Kier molecular flexibility index (Phi) is 5.71. The zero-order valence-electron chi connectivity index (χ0n) is 7.57. The topological polar surface area (TPSA) is 130 Å². The lowest BCUT2D eigenvalue weighted by Crippen LogP contribution is -2.06. The first-order valence-electron chi connectivity index (χ1n) is 3.63. The average molecular weight is 235 g/mol. The third-order valence-electron chi connectivity index (χ3n) is 1.06. The van der Waals surface area contributed by atoms with Crippen LogP contribution in [0.4, 0.5) is 5.69 Å². The molecular formula is C6H10BNO6S. The van der Waals surface area contributed by atoms with Crippen LogP contribution >= 0.6 is 0 Å². The van der Waals surface area contributed by atoms with Crippen LogP contribution in [0.2, 0.25) is 0 Å². The van der Waals surface area contributed by atoms with Gasteiger partial charge in [-0.2, -0.15) is 8.42 Å². The van der Waals surface area contributed by atoms with Gasteiger partial charge in [0.05, 0.1) is 0 Å². The minimum Gasteiger partial charge on any atom is -0.430 e. The highest BCUT2D eigenvalue weighted by atomic mass is 32.3. The maximum absolute atomic E-state index is 10.2. The van der Waals surface area contributed by atoms with Gasteiger partial charge in [0.25, 0.3) is 0 Å². The first-order valence-corrected chi connectivity index (χ1v) is 4.99. The van der Waals surface area contributed by atoms with E-state index in [1.54, 1.807) is 6.07 Å². The van der Waals surface area contributed by atoms with Crippen molar-refractivity contribution in [2.24, 2.45) is 0 Å². The number of anilines is 1. The lowest BCUT2D eigenvalue weighted by atomic mass is 10.3. The molecule has 0 aliphatic carbocycles. The predicted octanol–water partition coefficient (Wildman–Crippen LogP) is -1.31. The van der Waals surface area contributed by atoms with Crippen molar-refractivity contribution in [1.29, 1.82) is 0 Å². The first kappa shape index (κ1) is 13.7. The second kappa shape index (κ2) is 6.25. The van der Waals surface area contributed by atoms with Gasteiger partial charge in [-0.05, 0) is 12.1 Å². The summed E-state index contributed by atoms with van der Waals surface area (Å²) in [7, 11) is -5.20. The average Bonchev–Trinajstić information content (AvgIpc) is 2.01. The van der Waals surface area contributed by atoms with Gasteiger partial charge in [-0.15, -0.1) is 0 Å². The Morgan fingerprint density at radius 1 is 1.33 bits per heavy atom. The molecule has 1 aromatic carbocycles. The van der Waals surface area contributed by atoms with E-state index in [0.29, 0.717) is 5.69 Å². The number of benzene rings is 1. The number of nitrogen functional groups attached to an aromatic ring is 1. The van der Waals surface area contributed by atoms with Gasteiger partial charge in [0.2, 0.25) is 0 Å². The molecule has 1 aromatic rings. The Morgan fingerprint density at radius 2 is 1.87 bits per heavy atom. The van der Waals surface area contributed by atoms with Gasteiger partial charge in [0, 0.05) is 11.8 Å². The lowest BCUT2D eigenvalue weighted by molar-refractivity contribution is 0.387. The minimum atomic E-state index is -4.45. The van der Waals surface area contributed by atoms with Crippen molar-refractivity contribution in [2.75, 3.05) is 5.73 Å². The van der Waals surface area contributed by atoms with E-state index in [-0.39, 0.29) is 5.75 Å². The fraction of sp³-hybridized carbons (Fsp3) is 0. The van der Waals surface area contributed by atoms with Crippen LogP contribution in [0, 0.1) is 0 Å². The van der Waals surface area contributed by atoms with Gasteiger partial charge in [0.15, 0.2) is 0 Å². The Labute approximate surface area is 87.4 Å². The summed E-state index contributed by atoms with van der Waals surface area (Å²) < 4.78 is 32.8. The highest BCUT2D eigenvalue weighted by Gasteiger charge is 2.05. The molecule has 0 radical (unpaired) electrons. The normalized spacial score (nSPS) is 9.80. The summed E-state index contributed by atoms with van der Waals surface area (Å²) in [6.45, 7) is 0. The summed E-state index contributed by atoms with van der Waals surface area (Å²) in [6.07, 6.45) is 0. The van der Waals surface area contributed by atoms with E-state index in [2.05, 4.69) is 4.18 Å². The minimum absolute atomic E-state index is 0.0162. The largest absolute Gasteiger partial charge is 0.446 e. The monoisotopic (exact) mass is 235 g/mol. The molecule has 0 aliphatic heterocycles. The Bertz CT molecular complexity index is 394. The van der Waals surface area contributed by atoms with Crippen LogP contribution in [0.25, 0.3) is 0 Å². The molecule has 0 fully saturated rings. The molecule has 0 bridgehead atoms. The molecule has 0 unspecified atom stereocenters. The van der Waals surface area contributed by atoms with Crippen LogP contribution in [0.15, 0.2) is 24.3 Å². The van der Waals surface area contributed by atoms with Crippen molar-refractivity contribution in [2.45, 2.75) is 0 Å². The van der Waals surface area contributed by atoms with Crippen molar-refractivity contribution < 1.29 is 27.2 Å². The van der Waals surface area contributed by atoms with Gasteiger partial charge >= 0.3 is 18.1 Å². The summed E-state index contributed by atoms with van der Waals surface area (Å²) in [5.74, 6) is -0.0162. The summed E-state index contributed by atoms with van der Waals surface area (Å²) >= 11 is 0. The SMILES string of the molecule is Nc1cccc(OS(=O)(=O)O)c1.OBO.